The van der Waals surface area contributed by atoms with Gasteiger partial charge in [0.15, 0.2) is 5.25 Å². The van der Waals surface area contributed by atoms with Gasteiger partial charge in [-0.3, -0.25) is 14.1 Å². The van der Waals surface area contributed by atoms with Crippen LogP contribution in [0.3, 0.4) is 0 Å². The summed E-state index contributed by atoms with van der Waals surface area (Å²) < 4.78 is 34.9. The van der Waals surface area contributed by atoms with E-state index in [0.717, 1.165) is 19.3 Å². The zero-order valence-electron chi connectivity index (χ0n) is 11.7. The van der Waals surface area contributed by atoms with Crippen LogP contribution in [0.1, 0.15) is 46.0 Å². The summed E-state index contributed by atoms with van der Waals surface area (Å²) >= 11 is 0. The molecule has 0 fully saturated rings. The summed E-state index contributed by atoms with van der Waals surface area (Å²) in [6.45, 7) is 4.34. The second-order valence-corrected chi connectivity index (χ2v) is 6.61. The third-order valence-corrected chi connectivity index (χ3v) is 3.76. The van der Waals surface area contributed by atoms with Crippen LogP contribution in [0.25, 0.3) is 0 Å². The van der Waals surface area contributed by atoms with Gasteiger partial charge in [-0.25, -0.2) is 0 Å². The Bertz CT molecular complexity index is 423. The van der Waals surface area contributed by atoms with Gasteiger partial charge >= 0.3 is 71.1 Å². The van der Waals surface area contributed by atoms with Crippen LogP contribution in [0.15, 0.2) is 0 Å². The number of carbonyl (C=O) groups is 2. The van der Waals surface area contributed by atoms with Crippen molar-refractivity contribution in [3.63, 3.8) is 0 Å². The molecule has 0 radical (unpaired) electrons. The van der Waals surface area contributed by atoms with E-state index >= 15 is 0 Å². The van der Waals surface area contributed by atoms with E-state index in [9.17, 15) is 18.0 Å². The number of ether oxygens (including phenoxy) is 1. The fourth-order valence-corrected chi connectivity index (χ4v) is 2.15. The minimum atomic E-state index is -4.81. The summed E-state index contributed by atoms with van der Waals surface area (Å²) in [5, 5.41) is 6.43. The molecule has 0 saturated carbocycles. The van der Waals surface area contributed by atoms with Crippen LogP contribution in [0.4, 0.5) is 0 Å². The van der Waals surface area contributed by atoms with Gasteiger partial charge in [0.05, 0.1) is 13.0 Å². The molecule has 122 valence electrons. The van der Waals surface area contributed by atoms with Crippen molar-refractivity contribution in [1.29, 1.82) is 0 Å². The Labute approximate surface area is 175 Å². The fraction of sp³-hybridized carbons (Fsp3) is 0.833. The molecule has 10 heteroatoms. The van der Waals surface area contributed by atoms with Gasteiger partial charge in [-0.05, 0) is 12.3 Å². The average molecular weight is 358 g/mol. The van der Waals surface area contributed by atoms with Crippen LogP contribution < -0.4 is 0 Å². The number of esters is 1. The molecule has 7 nitrogen and oxygen atoms in total. The van der Waals surface area contributed by atoms with Crippen LogP contribution in [0, 0.1) is 5.92 Å². The number of rotatable bonds is 10. The summed E-state index contributed by atoms with van der Waals surface area (Å²) in [5.41, 5.74) is 0. The van der Waals surface area contributed by atoms with Gasteiger partial charge in [0.25, 0.3) is 10.1 Å². The maximum atomic E-state index is 11.3. The molecule has 0 amide bonds. The van der Waals surface area contributed by atoms with Crippen molar-refractivity contribution in [2.45, 2.75) is 51.2 Å². The van der Waals surface area contributed by atoms with Gasteiger partial charge < -0.3 is 9.84 Å². The van der Waals surface area contributed by atoms with Crippen molar-refractivity contribution in [2.75, 3.05) is 6.61 Å². The van der Waals surface area contributed by atoms with Crippen molar-refractivity contribution in [2.24, 2.45) is 5.92 Å². The van der Waals surface area contributed by atoms with Crippen molar-refractivity contribution in [1.82, 2.24) is 0 Å². The molecular formula is C12H24Na2O7S. The quantitative estimate of drug-likeness (QED) is 0.247. The van der Waals surface area contributed by atoms with Crippen molar-refractivity contribution in [3.05, 3.63) is 0 Å². The average Bonchev–Trinajstić information content (AvgIpc) is 2.28. The van der Waals surface area contributed by atoms with E-state index in [1.54, 1.807) is 0 Å². The number of carbonyl (C=O) groups excluding carboxylic acids is 1. The second-order valence-electron chi connectivity index (χ2n) is 5.01. The molecule has 2 N–H and O–H groups in total. The molecule has 0 heterocycles. The standard InChI is InChI=1S/C12H22O7S.2Na.2H/c1-9(2)6-4-3-5-7-19-11(13)8-10(12(14)15)20(16,17)18;;;;/h9-10H,3-8H2,1-2H3,(H,14,15)(H,16,17,18);;;;. The molecule has 0 aromatic carbocycles. The first kappa shape index (κ1) is 27.7. The maximum absolute atomic E-state index is 11.3. The molecule has 0 aromatic heterocycles. The van der Waals surface area contributed by atoms with E-state index < -0.39 is 33.7 Å². The molecule has 1 unspecified atom stereocenters. The molecule has 0 aliphatic carbocycles. The Kier molecular flexibility index (Phi) is 17.9. The van der Waals surface area contributed by atoms with Crippen molar-refractivity contribution >= 4 is 81.2 Å². The number of unbranched alkanes of at least 4 members (excludes halogenated alkanes) is 2. The van der Waals surface area contributed by atoms with Crippen molar-refractivity contribution < 1.29 is 32.4 Å². The number of carboxylic acid groups (broad SMARTS) is 1. The van der Waals surface area contributed by atoms with E-state index in [0.29, 0.717) is 12.3 Å². The Hall–Kier alpha value is 0.850. The number of aliphatic carboxylic acids is 1. The summed E-state index contributed by atoms with van der Waals surface area (Å²) in [6, 6.07) is 0. The zero-order chi connectivity index (χ0) is 15.8. The minimum absolute atomic E-state index is 0. The molecule has 0 aliphatic heterocycles. The van der Waals surface area contributed by atoms with Crippen LogP contribution in [-0.4, -0.2) is 101 Å². The summed E-state index contributed by atoms with van der Waals surface area (Å²) in [5.74, 6) is -2.11. The molecule has 22 heavy (non-hydrogen) atoms. The van der Waals surface area contributed by atoms with Crippen LogP contribution >= 0.6 is 0 Å². The predicted molar refractivity (Wildman–Crippen MR) is 86.2 cm³/mol. The summed E-state index contributed by atoms with van der Waals surface area (Å²) in [6.07, 6.45) is 2.73. The van der Waals surface area contributed by atoms with Gasteiger partial charge in [-0.2, -0.15) is 8.42 Å². The SMILES string of the molecule is CC(C)CCCCCOC(=O)CC(C(=O)O)S(=O)(=O)O.[NaH].[NaH]. The van der Waals surface area contributed by atoms with Crippen molar-refractivity contribution in [3.8, 4) is 0 Å². The predicted octanol–water partition coefficient (Wildman–Crippen LogP) is 0.180. The molecule has 0 saturated heterocycles. The van der Waals surface area contributed by atoms with Crippen LogP contribution in [0.2, 0.25) is 0 Å². The molecule has 0 aliphatic rings. The Morgan fingerprint density at radius 1 is 1.09 bits per heavy atom. The number of carboxylic acids is 1. The van der Waals surface area contributed by atoms with Crippen LogP contribution in [0.5, 0.6) is 0 Å². The van der Waals surface area contributed by atoms with E-state index in [-0.39, 0.29) is 65.7 Å². The van der Waals surface area contributed by atoms with Gasteiger partial charge in [0.2, 0.25) is 0 Å². The topological polar surface area (TPSA) is 118 Å². The molecule has 1 atom stereocenters. The molecule has 0 aromatic rings. The van der Waals surface area contributed by atoms with E-state index in [2.05, 4.69) is 13.8 Å². The first-order chi connectivity index (χ1) is 9.14. The molecule has 0 rings (SSSR count). The number of hydrogen-bond acceptors (Lipinski definition) is 5. The second kappa shape index (κ2) is 14.2. The van der Waals surface area contributed by atoms with E-state index in [1.807, 2.05) is 0 Å². The number of hydrogen-bond donors (Lipinski definition) is 2. The normalized spacial score (nSPS) is 12.0. The summed E-state index contributed by atoms with van der Waals surface area (Å²) in [7, 11) is -4.81. The summed E-state index contributed by atoms with van der Waals surface area (Å²) in [4.78, 5) is 21.9. The third-order valence-electron chi connectivity index (χ3n) is 2.68. The monoisotopic (exact) mass is 358 g/mol. The van der Waals surface area contributed by atoms with Gasteiger partial charge in [0.1, 0.15) is 0 Å². The van der Waals surface area contributed by atoms with Crippen LogP contribution in [-0.2, 0) is 24.4 Å². The first-order valence-corrected chi connectivity index (χ1v) is 7.99. The van der Waals surface area contributed by atoms with E-state index in [4.69, 9.17) is 14.4 Å². The molecular weight excluding hydrogens is 334 g/mol. The third kappa shape index (κ3) is 14.4. The molecule has 0 bridgehead atoms. The Morgan fingerprint density at radius 2 is 1.64 bits per heavy atom. The van der Waals surface area contributed by atoms with Gasteiger partial charge in [0, 0.05) is 0 Å². The van der Waals surface area contributed by atoms with Gasteiger partial charge in [-0.1, -0.05) is 33.1 Å². The Balaban J connectivity index is -0.00000180. The Morgan fingerprint density at radius 3 is 2.05 bits per heavy atom. The zero-order valence-corrected chi connectivity index (χ0v) is 12.6. The van der Waals surface area contributed by atoms with E-state index in [1.165, 1.54) is 0 Å². The first-order valence-electron chi connectivity index (χ1n) is 6.49. The molecule has 0 spiro atoms. The fourth-order valence-electron chi connectivity index (χ4n) is 1.55. The van der Waals surface area contributed by atoms with Gasteiger partial charge in [-0.15, -0.1) is 0 Å².